The van der Waals surface area contributed by atoms with Crippen LogP contribution in [0.15, 0.2) is 24.4 Å². The molecule has 0 saturated carbocycles. The van der Waals surface area contributed by atoms with Gasteiger partial charge in [-0.1, -0.05) is 6.07 Å². The van der Waals surface area contributed by atoms with E-state index in [0.29, 0.717) is 18.2 Å². The fourth-order valence-corrected chi connectivity index (χ4v) is 3.41. The molecule has 0 spiro atoms. The Morgan fingerprint density at radius 2 is 2.24 bits per heavy atom. The molecule has 0 bridgehead atoms. The van der Waals surface area contributed by atoms with Crippen molar-refractivity contribution in [3.8, 4) is 5.75 Å². The second-order valence-electron chi connectivity index (χ2n) is 6.98. The number of carbonyl (C=O) groups is 1. The summed E-state index contributed by atoms with van der Waals surface area (Å²) in [6.45, 7) is 8.80. The van der Waals surface area contributed by atoms with Gasteiger partial charge in [-0.2, -0.15) is 5.10 Å². The van der Waals surface area contributed by atoms with Gasteiger partial charge in [0.1, 0.15) is 5.75 Å². The molecule has 134 valence electrons. The molecule has 1 atom stereocenters. The molecule has 1 aliphatic carbocycles. The quantitative estimate of drug-likeness (QED) is 0.906. The van der Waals surface area contributed by atoms with E-state index in [9.17, 15) is 4.79 Å². The topological polar surface area (TPSA) is 56.1 Å². The Morgan fingerprint density at radius 3 is 2.96 bits per heavy atom. The van der Waals surface area contributed by atoms with E-state index in [4.69, 9.17) is 4.74 Å². The Kier molecular flexibility index (Phi) is 5.11. The Labute approximate surface area is 149 Å². The fraction of sp³-hybridized carbons (Fsp3) is 0.500. The SMILES string of the molecule is CCOc1cc(C(=O)NC2CCc3cnn(C(C)C)c3C2)ccc1C. The van der Waals surface area contributed by atoms with Crippen LogP contribution in [0.25, 0.3) is 0 Å². The summed E-state index contributed by atoms with van der Waals surface area (Å²) in [5, 5.41) is 7.68. The summed E-state index contributed by atoms with van der Waals surface area (Å²) >= 11 is 0. The summed E-state index contributed by atoms with van der Waals surface area (Å²) in [5.74, 6) is 0.740. The predicted molar refractivity (Wildman–Crippen MR) is 98.2 cm³/mol. The van der Waals surface area contributed by atoms with Crippen molar-refractivity contribution in [1.29, 1.82) is 0 Å². The van der Waals surface area contributed by atoms with Gasteiger partial charge in [-0.15, -0.1) is 0 Å². The highest BCUT2D eigenvalue weighted by molar-refractivity contribution is 5.95. The van der Waals surface area contributed by atoms with Crippen LogP contribution in [0.1, 0.15) is 60.4 Å². The number of hydrogen-bond donors (Lipinski definition) is 1. The van der Waals surface area contributed by atoms with E-state index < -0.39 is 0 Å². The first-order valence-corrected chi connectivity index (χ1v) is 9.09. The van der Waals surface area contributed by atoms with Crippen molar-refractivity contribution in [1.82, 2.24) is 15.1 Å². The fourth-order valence-electron chi connectivity index (χ4n) is 3.41. The Hall–Kier alpha value is -2.30. The molecule has 0 saturated heterocycles. The molecule has 1 aromatic heterocycles. The zero-order valence-corrected chi connectivity index (χ0v) is 15.5. The molecular weight excluding hydrogens is 314 g/mol. The van der Waals surface area contributed by atoms with Crippen molar-refractivity contribution < 1.29 is 9.53 Å². The molecule has 0 radical (unpaired) electrons. The van der Waals surface area contributed by atoms with E-state index in [-0.39, 0.29) is 11.9 Å². The average molecular weight is 341 g/mol. The van der Waals surface area contributed by atoms with Crippen LogP contribution in [0.3, 0.4) is 0 Å². The van der Waals surface area contributed by atoms with E-state index in [0.717, 1.165) is 30.6 Å². The molecule has 1 heterocycles. The molecule has 1 N–H and O–H groups in total. The van der Waals surface area contributed by atoms with Crippen molar-refractivity contribution >= 4 is 5.91 Å². The number of aryl methyl sites for hydroxylation is 2. The standard InChI is InChI=1S/C20H27N3O2/c1-5-25-19-10-15(7-6-14(19)4)20(24)22-17-9-8-16-12-21-23(13(2)3)18(16)11-17/h6-7,10,12-13,17H,5,8-9,11H2,1-4H3,(H,22,24). The molecule has 1 unspecified atom stereocenters. The van der Waals surface area contributed by atoms with Gasteiger partial charge in [-0.3, -0.25) is 9.48 Å². The van der Waals surface area contributed by atoms with Crippen LogP contribution in [-0.2, 0) is 12.8 Å². The third-order valence-electron chi connectivity index (χ3n) is 4.76. The van der Waals surface area contributed by atoms with E-state index >= 15 is 0 Å². The number of benzene rings is 1. The minimum atomic E-state index is -0.0370. The number of rotatable bonds is 5. The number of nitrogens with zero attached hydrogens (tertiary/aromatic N) is 2. The summed E-state index contributed by atoms with van der Waals surface area (Å²) in [7, 11) is 0. The first kappa shape index (κ1) is 17.5. The molecule has 0 aliphatic heterocycles. The van der Waals surface area contributed by atoms with Crippen LogP contribution < -0.4 is 10.1 Å². The number of carbonyl (C=O) groups excluding carboxylic acids is 1. The largest absolute Gasteiger partial charge is 0.494 e. The van der Waals surface area contributed by atoms with Crippen molar-refractivity contribution in [2.45, 2.75) is 59.0 Å². The van der Waals surface area contributed by atoms with E-state index in [1.165, 1.54) is 11.3 Å². The highest BCUT2D eigenvalue weighted by atomic mass is 16.5. The molecule has 0 fully saturated rings. The van der Waals surface area contributed by atoms with Gasteiger partial charge >= 0.3 is 0 Å². The molecule has 1 aliphatic rings. The van der Waals surface area contributed by atoms with E-state index in [2.05, 4.69) is 28.9 Å². The maximum absolute atomic E-state index is 12.7. The van der Waals surface area contributed by atoms with E-state index in [1.807, 2.05) is 38.2 Å². The maximum Gasteiger partial charge on any atom is 0.251 e. The monoisotopic (exact) mass is 341 g/mol. The van der Waals surface area contributed by atoms with Gasteiger partial charge in [-0.25, -0.2) is 0 Å². The van der Waals surface area contributed by atoms with Crippen LogP contribution in [0.5, 0.6) is 5.75 Å². The normalized spacial score (nSPS) is 16.6. The maximum atomic E-state index is 12.7. The zero-order valence-electron chi connectivity index (χ0n) is 15.5. The van der Waals surface area contributed by atoms with Gasteiger partial charge in [0.2, 0.25) is 0 Å². The molecule has 5 nitrogen and oxygen atoms in total. The first-order valence-electron chi connectivity index (χ1n) is 9.09. The highest BCUT2D eigenvalue weighted by Gasteiger charge is 2.25. The summed E-state index contributed by atoms with van der Waals surface area (Å²) in [5.41, 5.74) is 4.26. The smallest absolute Gasteiger partial charge is 0.251 e. The van der Waals surface area contributed by atoms with Gasteiger partial charge in [0, 0.05) is 29.8 Å². The van der Waals surface area contributed by atoms with Crippen LogP contribution in [0.2, 0.25) is 0 Å². The highest BCUT2D eigenvalue weighted by Crippen LogP contribution is 2.24. The third kappa shape index (κ3) is 3.70. The van der Waals surface area contributed by atoms with Gasteiger partial charge in [0.15, 0.2) is 0 Å². The average Bonchev–Trinajstić information content (AvgIpc) is 3.00. The zero-order chi connectivity index (χ0) is 18.0. The van der Waals surface area contributed by atoms with Crippen molar-refractivity contribution in [2.75, 3.05) is 6.61 Å². The van der Waals surface area contributed by atoms with Crippen LogP contribution >= 0.6 is 0 Å². The number of ether oxygens (including phenoxy) is 1. The lowest BCUT2D eigenvalue weighted by molar-refractivity contribution is 0.0932. The van der Waals surface area contributed by atoms with Crippen LogP contribution in [0, 0.1) is 6.92 Å². The molecule has 1 aromatic carbocycles. The van der Waals surface area contributed by atoms with Crippen molar-refractivity contribution in [3.63, 3.8) is 0 Å². The minimum absolute atomic E-state index is 0.0370. The molecule has 25 heavy (non-hydrogen) atoms. The lowest BCUT2D eigenvalue weighted by Crippen LogP contribution is -2.39. The molecular formula is C20H27N3O2. The van der Waals surface area contributed by atoms with Crippen LogP contribution in [-0.4, -0.2) is 28.3 Å². The summed E-state index contributed by atoms with van der Waals surface area (Å²) in [6.07, 6.45) is 4.73. The summed E-state index contributed by atoms with van der Waals surface area (Å²) < 4.78 is 7.68. The lowest BCUT2D eigenvalue weighted by Gasteiger charge is -2.25. The second-order valence-corrected chi connectivity index (χ2v) is 6.98. The van der Waals surface area contributed by atoms with Gasteiger partial charge in [0.25, 0.3) is 5.91 Å². The lowest BCUT2D eigenvalue weighted by atomic mass is 9.93. The van der Waals surface area contributed by atoms with Crippen LogP contribution in [0.4, 0.5) is 0 Å². The third-order valence-corrected chi connectivity index (χ3v) is 4.76. The molecule has 1 amide bonds. The van der Waals surface area contributed by atoms with E-state index in [1.54, 1.807) is 0 Å². The Bertz CT molecular complexity index is 764. The summed E-state index contributed by atoms with van der Waals surface area (Å²) in [6, 6.07) is 6.11. The first-order chi connectivity index (χ1) is 12.0. The number of nitrogens with one attached hydrogen (secondary N) is 1. The summed E-state index contributed by atoms with van der Waals surface area (Å²) in [4.78, 5) is 12.7. The molecule has 3 rings (SSSR count). The number of fused-ring (bicyclic) bond motifs is 1. The van der Waals surface area contributed by atoms with Gasteiger partial charge < -0.3 is 10.1 Å². The van der Waals surface area contributed by atoms with Gasteiger partial charge in [0.05, 0.1) is 12.8 Å². The van der Waals surface area contributed by atoms with Crippen molar-refractivity contribution in [2.24, 2.45) is 0 Å². The van der Waals surface area contributed by atoms with Gasteiger partial charge in [-0.05, 0) is 63.8 Å². The molecule has 2 aromatic rings. The second kappa shape index (κ2) is 7.30. The number of aromatic nitrogens is 2. The number of hydrogen-bond acceptors (Lipinski definition) is 3. The Balaban J connectivity index is 1.71. The Morgan fingerprint density at radius 1 is 1.44 bits per heavy atom. The predicted octanol–water partition coefficient (Wildman–Crippen LogP) is 3.46. The van der Waals surface area contributed by atoms with Crippen molar-refractivity contribution in [3.05, 3.63) is 46.8 Å². The number of amides is 1. The minimum Gasteiger partial charge on any atom is -0.494 e. The molecule has 5 heteroatoms.